The van der Waals surface area contributed by atoms with Crippen LogP contribution in [0.3, 0.4) is 0 Å². The average Bonchev–Trinajstić information content (AvgIpc) is 2.64. The van der Waals surface area contributed by atoms with Crippen molar-refractivity contribution in [3.63, 3.8) is 0 Å². The molecule has 134 valence electrons. The van der Waals surface area contributed by atoms with Crippen LogP contribution >= 0.6 is 0 Å². The molecule has 0 amide bonds. The number of benzene rings is 1. The van der Waals surface area contributed by atoms with Gasteiger partial charge in [-0.2, -0.15) is 4.31 Å². The summed E-state index contributed by atoms with van der Waals surface area (Å²) < 4.78 is 38.3. The van der Waals surface area contributed by atoms with Crippen molar-refractivity contribution < 1.29 is 17.9 Å². The number of piperidine rings is 1. The van der Waals surface area contributed by atoms with Crippen LogP contribution in [0.15, 0.2) is 47.8 Å². The average molecular weight is 363 g/mol. The van der Waals surface area contributed by atoms with Crippen LogP contribution in [0.2, 0.25) is 0 Å². The Hall–Kier alpha value is -2.19. The Kier molecular flexibility index (Phi) is 5.50. The summed E-state index contributed by atoms with van der Waals surface area (Å²) in [6, 6.07) is 8.18. The highest BCUT2D eigenvalue weighted by molar-refractivity contribution is 7.89. The maximum absolute atomic E-state index is 12.9. The first-order valence-corrected chi connectivity index (χ1v) is 9.69. The van der Waals surface area contributed by atoms with Crippen molar-refractivity contribution >= 4 is 10.0 Å². The van der Waals surface area contributed by atoms with Gasteiger partial charge in [-0.1, -0.05) is 0 Å². The van der Waals surface area contributed by atoms with Gasteiger partial charge in [0.25, 0.3) is 0 Å². The first-order chi connectivity index (χ1) is 12.1. The second kappa shape index (κ2) is 7.79. The second-order valence-electron chi connectivity index (χ2n) is 5.70. The molecule has 25 heavy (non-hydrogen) atoms. The molecule has 1 aromatic carbocycles. The minimum absolute atomic E-state index is 0.221. The topological polar surface area (TPSA) is 81.6 Å². The molecule has 1 aliphatic rings. The summed E-state index contributed by atoms with van der Waals surface area (Å²) in [6.07, 6.45) is 4.32. The van der Waals surface area contributed by atoms with E-state index >= 15 is 0 Å². The van der Waals surface area contributed by atoms with Gasteiger partial charge in [-0.15, -0.1) is 0 Å². The molecule has 0 bridgehead atoms. The van der Waals surface area contributed by atoms with Gasteiger partial charge in [-0.25, -0.2) is 18.4 Å². The molecular weight excluding hydrogens is 342 g/mol. The highest BCUT2D eigenvalue weighted by Crippen LogP contribution is 2.24. The van der Waals surface area contributed by atoms with Gasteiger partial charge in [0.2, 0.25) is 15.9 Å². The predicted molar refractivity (Wildman–Crippen MR) is 92.1 cm³/mol. The SMILES string of the molecule is CCOc1ccc(S(=O)(=O)N2CCCC(Oc3ccncn3)C2)cc1. The fraction of sp³-hybridized carbons (Fsp3) is 0.412. The summed E-state index contributed by atoms with van der Waals surface area (Å²) in [4.78, 5) is 8.14. The van der Waals surface area contributed by atoms with E-state index < -0.39 is 10.0 Å². The van der Waals surface area contributed by atoms with Crippen molar-refractivity contribution in [1.29, 1.82) is 0 Å². The lowest BCUT2D eigenvalue weighted by atomic mass is 10.1. The zero-order valence-electron chi connectivity index (χ0n) is 14.0. The molecule has 1 aromatic heterocycles. The summed E-state index contributed by atoms with van der Waals surface area (Å²) in [7, 11) is -3.55. The molecular formula is C17H21N3O4S. The summed E-state index contributed by atoms with van der Waals surface area (Å²) >= 11 is 0. The number of nitrogens with zero attached hydrogens (tertiary/aromatic N) is 3. The fourth-order valence-corrected chi connectivity index (χ4v) is 4.27. The van der Waals surface area contributed by atoms with Crippen molar-refractivity contribution in [2.75, 3.05) is 19.7 Å². The third-order valence-electron chi connectivity index (χ3n) is 3.96. The van der Waals surface area contributed by atoms with Crippen molar-refractivity contribution in [1.82, 2.24) is 14.3 Å². The van der Waals surface area contributed by atoms with Crippen molar-refractivity contribution in [2.45, 2.75) is 30.8 Å². The van der Waals surface area contributed by atoms with Crippen LogP contribution < -0.4 is 9.47 Å². The van der Waals surface area contributed by atoms with Gasteiger partial charge < -0.3 is 9.47 Å². The van der Waals surface area contributed by atoms with Crippen LogP contribution in [0.25, 0.3) is 0 Å². The minimum atomic E-state index is -3.55. The Labute approximate surface area is 147 Å². The summed E-state index contributed by atoms with van der Waals surface area (Å²) in [6.45, 7) is 3.22. The van der Waals surface area contributed by atoms with Gasteiger partial charge in [-0.3, -0.25) is 0 Å². The Morgan fingerprint density at radius 2 is 2.04 bits per heavy atom. The van der Waals surface area contributed by atoms with Crippen molar-refractivity contribution in [3.8, 4) is 11.6 Å². The van der Waals surface area contributed by atoms with Gasteiger partial charge >= 0.3 is 0 Å². The zero-order valence-corrected chi connectivity index (χ0v) is 14.9. The van der Waals surface area contributed by atoms with Crippen LogP contribution in [0.4, 0.5) is 0 Å². The van der Waals surface area contributed by atoms with Gasteiger partial charge in [0, 0.05) is 18.8 Å². The molecule has 0 aliphatic carbocycles. The molecule has 3 rings (SSSR count). The van der Waals surface area contributed by atoms with E-state index in [4.69, 9.17) is 9.47 Å². The van der Waals surface area contributed by atoms with E-state index in [0.717, 1.165) is 12.8 Å². The molecule has 2 aromatic rings. The molecule has 2 heterocycles. The van der Waals surface area contributed by atoms with Crippen LogP contribution in [-0.2, 0) is 10.0 Å². The van der Waals surface area contributed by atoms with Gasteiger partial charge in [0.15, 0.2) is 0 Å². The third kappa shape index (κ3) is 4.26. The Morgan fingerprint density at radius 1 is 1.24 bits per heavy atom. The van der Waals surface area contributed by atoms with Gasteiger partial charge in [0.1, 0.15) is 18.2 Å². The van der Waals surface area contributed by atoms with Crippen molar-refractivity contribution in [3.05, 3.63) is 42.9 Å². The number of rotatable bonds is 6. The second-order valence-corrected chi connectivity index (χ2v) is 7.64. The number of hydrogen-bond acceptors (Lipinski definition) is 6. The van der Waals surface area contributed by atoms with E-state index in [1.807, 2.05) is 6.92 Å². The van der Waals surface area contributed by atoms with E-state index in [0.29, 0.717) is 31.3 Å². The monoisotopic (exact) mass is 363 g/mol. The highest BCUT2D eigenvalue weighted by Gasteiger charge is 2.31. The lowest BCUT2D eigenvalue weighted by Crippen LogP contribution is -2.44. The van der Waals surface area contributed by atoms with Crippen LogP contribution in [-0.4, -0.2) is 48.5 Å². The smallest absolute Gasteiger partial charge is 0.243 e. The Morgan fingerprint density at radius 3 is 2.72 bits per heavy atom. The van der Waals surface area contributed by atoms with Crippen LogP contribution in [0.5, 0.6) is 11.6 Å². The summed E-state index contributed by atoms with van der Waals surface area (Å²) in [5.41, 5.74) is 0. The van der Waals surface area contributed by atoms with E-state index in [-0.39, 0.29) is 11.0 Å². The molecule has 1 unspecified atom stereocenters. The maximum Gasteiger partial charge on any atom is 0.243 e. The third-order valence-corrected chi connectivity index (χ3v) is 5.83. The number of hydrogen-bond donors (Lipinski definition) is 0. The van der Waals surface area contributed by atoms with Crippen LogP contribution in [0.1, 0.15) is 19.8 Å². The van der Waals surface area contributed by atoms with E-state index in [9.17, 15) is 8.42 Å². The molecule has 1 aliphatic heterocycles. The molecule has 8 heteroatoms. The van der Waals surface area contributed by atoms with E-state index in [1.165, 1.54) is 10.6 Å². The Balaban J connectivity index is 1.71. The first-order valence-electron chi connectivity index (χ1n) is 8.25. The molecule has 0 saturated carbocycles. The lowest BCUT2D eigenvalue weighted by Gasteiger charge is -2.31. The van der Waals surface area contributed by atoms with Gasteiger partial charge in [-0.05, 0) is 44.0 Å². The zero-order chi connectivity index (χ0) is 17.7. The molecule has 7 nitrogen and oxygen atoms in total. The highest BCUT2D eigenvalue weighted by atomic mass is 32.2. The molecule has 1 fully saturated rings. The number of aromatic nitrogens is 2. The molecule has 0 radical (unpaired) electrons. The normalized spacial score (nSPS) is 18.7. The minimum Gasteiger partial charge on any atom is -0.494 e. The molecule has 1 atom stereocenters. The number of ether oxygens (including phenoxy) is 2. The fourth-order valence-electron chi connectivity index (χ4n) is 2.76. The quantitative estimate of drug-likeness (QED) is 0.782. The number of sulfonamides is 1. The maximum atomic E-state index is 12.9. The largest absolute Gasteiger partial charge is 0.494 e. The summed E-state index contributed by atoms with van der Waals surface area (Å²) in [5.74, 6) is 1.12. The van der Waals surface area contributed by atoms with E-state index in [1.54, 1.807) is 36.5 Å². The Bertz CT molecular complexity index is 781. The van der Waals surface area contributed by atoms with Crippen molar-refractivity contribution in [2.24, 2.45) is 0 Å². The lowest BCUT2D eigenvalue weighted by molar-refractivity contribution is 0.124. The molecule has 1 saturated heterocycles. The predicted octanol–water partition coefficient (Wildman–Crippen LogP) is 2.11. The van der Waals surface area contributed by atoms with Crippen LogP contribution in [0, 0.1) is 0 Å². The van der Waals surface area contributed by atoms with E-state index in [2.05, 4.69) is 9.97 Å². The standard InChI is InChI=1S/C17H21N3O4S/c1-2-23-14-5-7-16(8-6-14)25(21,22)20-11-3-4-15(12-20)24-17-9-10-18-13-19-17/h5-10,13,15H,2-4,11-12H2,1H3. The molecule has 0 N–H and O–H groups in total. The van der Waals surface area contributed by atoms with Gasteiger partial charge in [0.05, 0.1) is 18.0 Å². The molecule has 0 spiro atoms. The first kappa shape index (κ1) is 17.6. The summed E-state index contributed by atoms with van der Waals surface area (Å²) in [5, 5.41) is 0.